The summed E-state index contributed by atoms with van der Waals surface area (Å²) in [6.07, 6.45) is 1.68. The first-order valence-corrected chi connectivity index (χ1v) is 5.98. The van der Waals surface area contributed by atoms with Crippen LogP contribution < -0.4 is 10.5 Å². The predicted molar refractivity (Wildman–Crippen MR) is 66.5 cm³/mol. The SMILES string of the molecule is COc1nc(N)nc2c1ncn2[C@@H]1C[C@H](O)[C@H]1CO. The summed E-state index contributed by atoms with van der Waals surface area (Å²) in [6.45, 7) is -0.0802. The highest BCUT2D eigenvalue weighted by Gasteiger charge is 2.41. The largest absolute Gasteiger partial charge is 0.479 e. The fraction of sp³-hybridized carbons (Fsp3) is 0.545. The molecule has 3 rings (SSSR count). The molecule has 2 aromatic rings. The molecule has 8 nitrogen and oxygen atoms in total. The van der Waals surface area contributed by atoms with Gasteiger partial charge in [-0.05, 0) is 6.42 Å². The Morgan fingerprint density at radius 2 is 2.32 bits per heavy atom. The van der Waals surface area contributed by atoms with Gasteiger partial charge in [0.1, 0.15) is 0 Å². The second-order valence-corrected chi connectivity index (χ2v) is 4.63. The van der Waals surface area contributed by atoms with E-state index in [2.05, 4.69) is 15.0 Å². The van der Waals surface area contributed by atoms with Crippen molar-refractivity contribution in [2.45, 2.75) is 18.6 Å². The summed E-state index contributed by atoms with van der Waals surface area (Å²) in [6, 6.07) is -0.0380. The van der Waals surface area contributed by atoms with E-state index in [4.69, 9.17) is 10.5 Å². The van der Waals surface area contributed by atoms with Gasteiger partial charge >= 0.3 is 0 Å². The third-order valence-electron chi connectivity index (χ3n) is 3.64. The van der Waals surface area contributed by atoms with Crippen molar-refractivity contribution in [2.24, 2.45) is 5.92 Å². The summed E-state index contributed by atoms with van der Waals surface area (Å²) in [7, 11) is 1.49. The molecule has 1 aliphatic rings. The molecule has 1 fully saturated rings. The first-order chi connectivity index (χ1) is 9.15. The van der Waals surface area contributed by atoms with Crippen LogP contribution in [0.1, 0.15) is 12.5 Å². The molecule has 0 aliphatic heterocycles. The number of imidazole rings is 1. The fourth-order valence-electron chi connectivity index (χ4n) is 2.51. The van der Waals surface area contributed by atoms with Gasteiger partial charge in [0.2, 0.25) is 11.8 Å². The van der Waals surface area contributed by atoms with Gasteiger partial charge < -0.3 is 25.3 Å². The Hall–Kier alpha value is -1.93. The van der Waals surface area contributed by atoms with Crippen molar-refractivity contribution >= 4 is 17.1 Å². The molecule has 2 heterocycles. The van der Waals surface area contributed by atoms with E-state index in [1.165, 1.54) is 7.11 Å². The molecule has 1 saturated carbocycles. The van der Waals surface area contributed by atoms with E-state index in [9.17, 15) is 10.2 Å². The number of nitrogens with two attached hydrogens (primary N) is 1. The van der Waals surface area contributed by atoms with E-state index in [1.54, 1.807) is 6.33 Å². The molecular weight excluding hydrogens is 250 g/mol. The average molecular weight is 265 g/mol. The minimum Gasteiger partial charge on any atom is -0.479 e. The van der Waals surface area contributed by atoms with Crippen LogP contribution >= 0.6 is 0 Å². The lowest BCUT2D eigenvalue weighted by molar-refractivity contribution is -0.0512. The third-order valence-corrected chi connectivity index (χ3v) is 3.64. The second-order valence-electron chi connectivity index (χ2n) is 4.63. The number of ether oxygens (including phenoxy) is 1. The van der Waals surface area contributed by atoms with Gasteiger partial charge in [-0.15, -0.1) is 0 Å². The summed E-state index contributed by atoms with van der Waals surface area (Å²) in [5.41, 5.74) is 6.72. The first-order valence-electron chi connectivity index (χ1n) is 5.98. The zero-order chi connectivity index (χ0) is 13.6. The van der Waals surface area contributed by atoms with E-state index >= 15 is 0 Å². The Balaban J connectivity index is 2.08. The lowest BCUT2D eigenvalue weighted by Gasteiger charge is -2.41. The lowest BCUT2D eigenvalue weighted by Crippen LogP contribution is -2.44. The highest BCUT2D eigenvalue weighted by molar-refractivity contribution is 5.77. The maximum absolute atomic E-state index is 9.63. The van der Waals surface area contributed by atoms with Crippen LogP contribution in [-0.4, -0.2) is 49.6 Å². The van der Waals surface area contributed by atoms with Crippen molar-refractivity contribution in [1.82, 2.24) is 19.5 Å². The number of nitrogens with zero attached hydrogens (tertiary/aromatic N) is 4. The third kappa shape index (κ3) is 1.71. The summed E-state index contributed by atoms with van der Waals surface area (Å²) in [5.74, 6) is 0.216. The second kappa shape index (κ2) is 4.32. The topological polar surface area (TPSA) is 119 Å². The molecule has 0 radical (unpaired) electrons. The summed E-state index contributed by atoms with van der Waals surface area (Å²) < 4.78 is 6.93. The van der Waals surface area contributed by atoms with E-state index < -0.39 is 6.10 Å². The van der Waals surface area contributed by atoms with Gasteiger partial charge in [-0.2, -0.15) is 9.97 Å². The van der Waals surface area contributed by atoms with Crippen molar-refractivity contribution in [3.05, 3.63) is 6.33 Å². The van der Waals surface area contributed by atoms with Gasteiger partial charge in [0.15, 0.2) is 11.2 Å². The van der Waals surface area contributed by atoms with Crippen LogP contribution in [0, 0.1) is 5.92 Å². The number of anilines is 1. The Morgan fingerprint density at radius 3 is 2.95 bits per heavy atom. The van der Waals surface area contributed by atoms with E-state index in [0.29, 0.717) is 23.5 Å². The lowest BCUT2D eigenvalue weighted by atomic mass is 9.77. The molecule has 102 valence electrons. The van der Waals surface area contributed by atoms with Gasteiger partial charge in [0.05, 0.1) is 26.1 Å². The summed E-state index contributed by atoms with van der Waals surface area (Å²) in [5, 5.41) is 18.9. The minimum absolute atomic E-state index is 0.0380. The van der Waals surface area contributed by atoms with Gasteiger partial charge in [0.25, 0.3) is 0 Å². The predicted octanol–water partition coefficient (Wildman–Crippen LogP) is -0.669. The molecule has 0 saturated heterocycles. The zero-order valence-electron chi connectivity index (χ0n) is 10.4. The maximum atomic E-state index is 9.63. The van der Waals surface area contributed by atoms with Crippen LogP contribution in [0.2, 0.25) is 0 Å². The molecule has 0 unspecified atom stereocenters. The van der Waals surface area contributed by atoms with Crippen LogP contribution in [0.25, 0.3) is 11.2 Å². The van der Waals surface area contributed by atoms with Gasteiger partial charge in [0, 0.05) is 12.0 Å². The van der Waals surface area contributed by atoms with Gasteiger partial charge in [-0.1, -0.05) is 0 Å². The normalized spacial score (nSPS) is 26.4. The maximum Gasteiger partial charge on any atom is 0.246 e. The number of fused-ring (bicyclic) bond motifs is 1. The molecule has 2 aromatic heterocycles. The molecule has 3 atom stereocenters. The van der Waals surface area contributed by atoms with Crippen LogP contribution in [-0.2, 0) is 0 Å². The number of methoxy groups -OCH3 is 1. The standard InChI is InChI=1S/C11H15N5O3/c1-19-10-8-9(14-11(12)15-10)16(4-13-8)6-2-7(18)5(6)3-17/h4-7,17-18H,2-3H2,1H3,(H2,12,14,15)/t5-,6+,7-/m0/s1. The van der Waals surface area contributed by atoms with Gasteiger partial charge in [-0.3, -0.25) is 0 Å². The van der Waals surface area contributed by atoms with Crippen molar-refractivity contribution in [3.8, 4) is 5.88 Å². The van der Waals surface area contributed by atoms with Crippen molar-refractivity contribution in [2.75, 3.05) is 19.5 Å². The van der Waals surface area contributed by atoms with E-state index in [-0.39, 0.29) is 24.5 Å². The van der Waals surface area contributed by atoms with E-state index in [1.807, 2.05) is 4.57 Å². The quantitative estimate of drug-likeness (QED) is 0.673. The molecule has 8 heteroatoms. The number of aromatic nitrogens is 4. The highest BCUT2D eigenvalue weighted by Crippen LogP contribution is 2.40. The molecule has 0 spiro atoms. The molecule has 0 bridgehead atoms. The minimum atomic E-state index is -0.492. The monoisotopic (exact) mass is 265 g/mol. The molecule has 1 aliphatic carbocycles. The summed E-state index contributed by atoms with van der Waals surface area (Å²) >= 11 is 0. The van der Waals surface area contributed by atoms with Crippen LogP contribution in [0.3, 0.4) is 0 Å². The smallest absolute Gasteiger partial charge is 0.246 e. The molecule has 19 heavy (non-hydrogen) atoms. The number of hydrogen-bond donors (Lipinski definition) is 3. The Morgan fingerprint density at radius 1 is 1.53 bits per heavy atom. The van der Waals surface area contributed by atoms with Gasteiger partial charge in [-0.25, -0.2) is 4.98 Å². The Bertz CT molecular complexity index is 614. The number of aliphatic hydroxyl groups excluding tert-OH is 2. The Labute approximate surface area is 108 Å². The fourth-order valence-corrected chi connectivity index (χ4v) is 2.51. The molecule has 0 amide bonds. The summed E-state index contributed by atoms with van der Waals surface area (Å²) in [4.78, 5) is 12.3. The zero-order valence-corrected chi connectivity index (χ0v) is 10.4. The first kappa shape index (κ1) is 12.1. The number of aliphatic hydroxyl groups is 2. The number of nitrogen functional groups attached to an aromatic ring is 1. The van der Waals surface area contributed by atoms with Crippen LogP contribution in [0.15, 0.2) is 6.33 Å². The highest BCUT2D eigenvalue weighted by atomic mass is 16.5. The van der Waals surface area contributed by atoms with Crippen molar-refractivity contribution in [3.63, 3.8) is 0 Å². The Kier molecular flexibility index (Phi) is 2.76. The molecule has 4 N–H and O–H groups in total. The number of rotatable bonds is 3. The van der Waals surface area contributed by atoms with Crippen LogP contribution in [0.4, 0.5) is 5.95 Å². The van der Waals surface area contributed by atoms with Crippen LogP contribution in [0.5, 0.6) is 5.88 Å². The molecular formula is C11H15N5O3. The number of hydrogen-bond acceptors (Lipinski definition) is 7. The van der Waals surface area contributed by atoms with E-state index in [0.717, 1.165) is 0 Å². The van der Waals surface area contributed by atoms with Crippen molar-refractivity contribution < 1.29 is 14.9 Å². The average Bonchev–Trinajstić information content (AvgIpc) is 2.78. The molecule has 0 aromatic carbocycles. The van der Waals surface area contributed by atoms with Crippen molar-refractivity contribution in [1.29, 1.82) is 0 Å².